The number of amides is 2. The topological polar surface area (TPSA) is 61.4 Å². The standard InChI is InChI=1S/C14H19N3O2S.ClH/c1-10(15-2)7-16-13(18)8-17-11-5-3-4-6-12(11)20-9-14(17)19;/h3-6,10,15H,7-9H2,1-2H3,(H,16,18);1H. The molecule has 0 fully saturated rings. The number of nitrogens with one attached hydrogen (secondary N) is 2. The molecule has 21 heavy (non-hydrogen) atoms. The van der Waals surface area contributed by atoms with E-state index in [9.17, 15) is 9.59 Å². The highest BCUT2D eigenvalue weighted by Gasteiger charge is 2.26. The van der Waals surface area contributed by atoms with Crippen molar-refractivity contribution < 1.29 is 9.59 Å². The zero-order valence-electron chi connectivity index (χ0n) is 12.1. The Bertz CT molecular complexity index is 513. The molecule has 1 aliphatic rings. The van der Waals surface area contributed by atoms with E-state index in [-0.39, 0.29) is 36.8 Å². The average Bonchev–Trinajstić information content (AvgIpc) is 2.47. The molecule has 116 valence electrons. The molecule has 1 aromatic carbocycles. The molecule has 7 heteroatoms. The fourth-order valence-electron chi connectivity index (χ4n) is 1.90. The van der Waals surface area contributed by atoms with Crippen molar-refractivity contribution in [3.8, 4) is 0 Å². The number of rotatable bonds is 5. The molecule has 1 unspecified atom stereocenters. The van der Waals surface area contributed by atoms with E-state index in [0.717, 1.165) is 10.6 Å². The van der Waals surface area contributed by atoms with E-state index in [0.29, 0.717) is 12.3 Å². The number of likely N-dealkylation sites (N-methyl/N-ethyl adjacent to an activating group) is 1. The Morgan fingerprint density at radius 2 is 2.14 bits per heavy atom. The van der Waals surface area contributed by atoms with Gasteiger partial charge in [-0.3, -0.25) is 9.59 Å². The highest BCUT2D eigenvalue weighted by atomic mass is 35.5. The monoisotopic (exact) mass is 329 g/mol. The lowest BCUT2D eigenvalue weighted by Crippen LogP contribution is -2.45. The molecular formula is C14H20ClN3O2S. The third kappa shape index (κ3) is 4.62. The van der Waals surface area contributed by atoms with Crippen LogP contribution in [0, 0.1) is 0 Å². The molecule has 0 aliphatic carbocycles. The van der Waals surface area contributed by atoms with Gasteiger partial charge in [0, 0.05) is 17.5 Å². The van der Waals surface area contributed by atoms with Gasteiger partial charge in [-0.25, -0.2) is 0 Å². The van der Waals surface area contributed by atoms with Crippen LogP contribution in [0.5, 0.6) is 0 Å². The first-order valence-corrected chi connectivity index (χ1v) is 7.56. The molecule has 0 saturated carbocycles. The first-order valence-electron chi connectivity index (χ1n) is 6.58. The highest BCUT2D eigenvalue weighted by Crippen LogP contribution is 2.34. The van der Waals surface area contributed by atoms with Crippen molar-refractivity contribution in [3.63, 3.8) is 0 Å². The van der Waals surface area contributed by atoms with Gasteiger partial charge >= 0.3 is 0 Å². The van der Waals surface area contributed by atoms with Crippen molar-refractivity contribution in [2.45, 2.75) is 17.9 Å². The summed E-state index contributed by atoms with van der Waals surface area (Å²) in [6.45, 7) is 2.61. The Kier molecular flexibility index (Phi) is 7.01. The number of benzene rings is 1. The van der Waals surface area contributed by atoms with E-state index < -0.39 is 0 Å². The number of para-hydroxylation sites is 1. The van der Waals surface area contributed by atoms with Gasteiger partial charge in [0.05, 0.1) is 11.4 Å². The zero-order valence-corrected chi connectivity index (χ0v) is 13.7. The van der Waals surface area contributed by atoms with Crippen LogP contribution in [0.25, 0.3) is 0 Å². The van der Waals surface area contributed by atoms with Crippen LogP contribution in [-0.4, -0.2) is 43.7 Å². The number of halogens is 1. The molecule has 2 rings (SSSR count). The maximum absolute atomic E-state index is 12.0. The fraction of sp³-hybridized carbons (Fsp3) is 0.429. The van der Waals surface area contributed by atoms with Crippen LogP contribution in [0.3, 0.4) is 0 Å². The van der Waals surface area contributed by atoms with Gasteiger partial charge in [0.1, 0.15) is 6.54 Å². The number of hydrogen-bond donors (Lipinski definition) is 2. The summed E-state index contributed by atoms with van der Waals surface area (Å²) >= 11 is 1.52. The summed E-state index contributed by atoms with van der Waals surface area (Å²) in [5.41, 5.74) is 0.825. The summed E-state index contributed by atoms with van der Waals surface area (Å²) in [5.74, 6) is 0.227. The third-order valence-electron chi connectivity index (χ3n) is 3.21. The molecule has 0 saturated heterocycles. The summed E-state index contributed by atoms with van der Waals surface area (Å²) in [7, 11) is 1.85. The van der Waals surface area contributed by atoms with Crippen LogP contribution >= 0.6 is 24.2 Å². The third-order valence-corrected chi connectivity index (χ3v) is 4.26. The van der Waals surface area contributed by atoms with Crippen molar-refractivity contribution in [2.75, 3.05) is 30.8 Å². The summed E-state index contributed by atoms with van der Waals surface area (Å²) in [6, 6.07) is 7.88. The van der Waals surface area contributed by atoms with Crippen LogP contribution in [0.15, 0.2) is 29.2 Å². The first kappa shape index (κ1) is 17.8. The van der Waals surface area contributed by atoms with Crippen molar-refractivity contribution >= 4 is 41.7 Å². The molecule has 5 nitrogen and oxygen atoms in total. The van der Waals surface area contributed by atoms with Crippen molar-refractivity contribution in [1.29, 1.82) is 0 Å². The quantitative estimate of drug-likeness (QED) is 0.854. The number of fused-ring (bicyclic) bond motifs is 1. The molecule has 2 N–H and O–H groups in total. The van der Waals surface area contributed by atoms with Crippen LogP contribution in [0.2, 0.25) is 0 Å². The van der Waals surface area contributed by atoms with E-state index in [1.54, 1.807) is 4.90 Å². The predicted octanol–water partition coefficient (Wildman–Crippen LogP) is 1.27. The van der Waals surface area contributed by atoms with Gasteiger partial charge in [-0.15, -0.1) is 24.2 Å². The molecule has 0 bridgehead atoms. The maximum atomic E-state index is 12.0. The van der Waals surface area contributed by atoms with Gasteiger partial charge in [0.15, 0.2) is 0 Å². The number of thioether (sulfide) groups is 1. The van der Waals surface area contributed by atoms with E-state index >= 15 is 0 Å². The van der Waals surface area contributed by atoms with Gasteiger partial charge in [0.2, 0.25) is 11.8 Å². The Morgan fingerprint density at radius 3 is 2.86 bits per heavy atom. The number of carbonyl (C=O) groups is 2. The Morgan fingerprint density at radius 1 is 1.43 bits per heavy atom. The minimum atomic E-state index is -0.137. The second kappa shape index (κ2) is 8.26. The summed E-state index contributed by atoms with van der Waals surface area (Å²) in [5, 5.41) is 5.88. The van der Waals surface area contributed by atoms with Crippen LogP contribution < -0.4 is 15.5 Å². The second-order valence-electron chi connectivity index (χ2n) is 4.73. The van der Waals surface area contributed by atoms with Crippen LogP contribution in [-0.2, 0) is 9.59 Å². The normalized spacial score (nSPS) is 15.0. The average molecular weight is 330 g/mol. The first-order chi connectivity index (χ1) is 9.61. The lowest BCUT2D eigenvalue weighted by molar-refractivity contribution is -0.123. The van der Waals surface area contributed by atoms with Gasteiger partial charge < -0.3 is 15.5 Å². The van der Waals surface area contributed by atoms with Crippen molar-refractivity contribution in [1.82, 2.24) is 10.6 Å². The van der Waals surface area contributed by atoms with Crippen LogP contribution in [0.1, 0.15) is 6.92 Å². The Hall–Kier alpha value is -1.24. The molecule has 1 aliphatic heterocycles. The molecule has 0 spiro atoms. The molecule has 1 heterocycles. The van der Waals surface area contributed by atoms with Crippen molar-refractivity contribution in [2.24, 2.45) is 0 Å². The molecular weight excluding hydrogens is 310 g/mol. The van der Waals surface area contributed by atoms with Gasteiger partial charge in [0.25, 0.3) is 0 Å². The van der Waals surface area contributed by atoms with Crippen molar-refractivity contribution in [3.05, 3.63) is 24.3 Å². The fourth-order valence-corrected chi connectivity index (χ4v) is 2.83. The largest absolute Gasteiger partial charge is 0.353 e. The zero-order chi connectivity index (χ0) is 14.5. The smallest absolute Gasteiger partial charge is 0.240 e. The number of carbonyl (C=O) groups excluding carboxylic acids is 2. The molecule has 1 atom stereocenters. The SMILES string of the molecule is CNC(C)CNC(=O)CN1C(=O)CSc2ccccc21.Cl. The van der Waals surface area contributed by atoms with Gasteiger partial charge in [-0.2, -0.15) is 0 Å². The van der Waals surface area contributed by atoms with Gasteiger partial charge in [-0.1, -0.05) is 12.1 Å². The number of anilines is 1. The van der Waals surface area contributed by atoms with E-state index in [1.807, 2.05) is 38.2 Å². The van der Waals surface area contributed by atoms with E-state index in [2.05, 4.69) is 10.6 Å². The Balaban J connectivity index is 0.00000220. The van der Waals surface area contributed by atoms with Gasteiger partial charge in [-0.05, 0) is 26.1 Å². The van der Waals surface area contributed by atoms with E-state index in [4.69, 9.17) is 0 Å². The number of nitrogens with zero attached hydrogens (tertiary/aromatic N) is 1. The Labute approximate surface area is 135 Å². The molecule has 2 amide bonds. The second-order valence-corrected chi connectivity index (χ2v) is 5.75. The minimum Gasteiger partial charge on any atom is -0.353 e. The molecule has 0 aromatic heterocycles. The lowest BCUT2D eigenvalue weighted by atomic mass is 10.2. The predicted molar refractivity (Wildman–Crippen MR) is 88.3 cm³/mol. The molecule has 1 aromatic rings. The lowest BCUT2D eigenvalue weighted by Gasteiger charge is -2.28. The molecule has 0 radical (unpaired) electrons. The highest BCUT2D eigenvalue weighted by molar-refractivity contribution is 8.00. The van der Waals surface area contributed by atoms with E-state index in [1.165, 1.54) is 11.8 Å². The minimum absolute atomic E-state index is 0. The van der Waals surface area contributed by atoms with Crippen LogP contribution in [0.4, 0.5) is 5.69 Å². The summed E-state index contributed by atoms with van der Waals surface area (Å²) in [6.07, 6.45) is 0. The summed E-state index contributed by atoms with van der Waals surface area (Å²) in [4.78, 5) is 26.6. The maximum Gasteiger partial charge on any atom is 0.240 e. The number of hydrogen-bond acceptors (Lipinski definition) is 4. The summed E-state index contributed by atoms with van der Waals surface area (Å²) < 4.78 is 0.